The van der Waals surface area contributed by atoms with Crippen LogP contribution in [0, 0.1) is 0 Å². The number of hydrazone groups is 1. The summed E-state index contributed by atoms with van der Waals surface area (Å²) in [6, 6.07) is 11.6. The van der Waals surface area contributed by atoms with E-state index in [1.165, 1.54) is 0 Å². The third kappa shape index (κ3) is 5.47. The third-order valence-corrected chi connectivity index (χ3v) is 4.15. The number of nitrogens with one attached hydrogen (secondary N) is 1. The summed E-state index contributed by atoms with van der Waals surface area (Å²) in [5.41, 5.74) is 9.68. The third-order valence-electron chi connectivity index (χ3n) is 2.94. The number of nitrogens with zero attached hydrogens (tertiary/aromatic N) is 1. The molecule has 0 amide bonds. The average molecular weight is 473 g/mol. The molecule has 0 heterocycles. The molecule has 0 aliphatic heterocycles. The molecule has 0 aliphatic carbocycles. The lowest BCUT2D eigenvalue weighted by molar-refractivity contribution is 0.282. The Bertz CT molecular complexity index is 752. The first-order valence-electron chi connectivity index (χ1n) is 6.83. The van der Waals surface area contributed by atoms with E-state index in [0.29, 0.717) is 18.1 Å². The van der Waals surface area contributed by atoms with Crippen molar-refractivity contribution in [1.82, 2.24) is 5.43 Å². The second-order valence-electron chi connectivity index (χ2n) is 4.68. The van der Waals surface area contributed by atoms with E-state index >= 15 is 0 Å². The van der Waals surface area contributed by atoms with Crippen molar-refractivity contribution in [3.05, 3.63) is 56.5 Å². The molecule has 0 saturated carbocycles. The Balaban J connectivity index is 2.15. The van der Waals surface area contributed by atoms with Crippen LogP contribution in [0.4, 0.5) is 0 Å². The van der Waals surface area contributed by atoms with Gasteiger partial charge in [0, 0.05) is 4.47 Å². The van der Waals surface area contributed by atoms with Crippen molar-refractivity contribution in [1.29, 1.82) is 0 Å². The van der Waals surface area contributed by atoms with Crippen LogP contribution >= 0.6 is 44.1 Å². The van der Waals surface area contributed by atoms with Gasteiger partial charge < -0.3 is 15.2 Å². The van der Waals surface area contributed by atoms with Gasteiger partial charge in [0.15, 0.2) is 16.6 Å². The molecule has 2 rings (SSSR count). The minimum atomic E-state index is 0.103. The van der Waals surface area contributed by atoms with Crippen LogP contribution in [0.5, 0.6) is 11.5 Å². The van der Waals surface area contributed by atoms with Gasteiger partial charge in [0.25, 0.3) is 0 Å². The summed E-state index contributed by atoms with van der Waals surface area (Å²) in [4.78, 5) is 0. The first-order valence-corrected chi connectivity index (χ1v) is 8.82. The molecular formula is C16H15Br2N3O2S. The number of halogens is 2. The quantitative estimate of drug-likeness (QED) is 0.378. The van der Waals surface area contributed by atoms with Crippen molar-refractivity contribution < 1.29 is 9.47 Å². The van der Waals surface area contributed by atoms with Crippen LogP contribution in [0.2, 0.25) is 0 Å². The Hall–Kier alpha value is -1.64. The highest BCUT2D eigenvalue weighted by molar-refractivity contribution is 9.10. The molecule has 24 heavy (non-hydrogen) atoms. The molecule has 2 aromatic rings. The zero-order chi connectivity index (χ0) is 17.5. The van der Waals surface area contributed by atoms with Crippen LogP contribution in [0.3, 0.4) is 0 Å². The topological polar surface area (TPSA) is 68.9 Å². The lowest BCUT2D eigenvalue weighted by Crippen LogP contribution is -2.23. The maximum Gasteiger partial charge on any atom is 0.184 e. The van der Waals surface area contributed by atoms with E-state index in [1.54, 1.807) is 13.3 Å². The lowest BCUT2D eigenvalue weighted by atomic mass is 10.2. The molecule has 0 saturated heterocycles. The normalized spacial score (nSPS) is 10.6. The van der Waals surface area contributed by atoms with Crippen LogP contribution in [-0.4, -0.2) is 18.4 Å². The summed E-state index contributed by atoms with van der Waals surface area (Å²) in [6.07, 6.45) is 1.59. The molecule has 5 nitrogen and oxygen atoms in total. The first kappa shape index (κ1) is 18.7. The Labute approximate surface area is 162 Å². The molecule has 2 aromatic carbocycles. The van der Waals surface area contributed by atoms with Gasteiger partial charge in [-0.25, -0.2) is 0 Å². The van der Waals surface area contributed by atoms with Gasteiger partial charge in [-0.15, -0.1) is 0 Å². The fraction of sp³-hybridized carbons (Fsp3) is 0.125. The largest absolute Gasteiger partial charge is 0.493 e. The molecule has 0 fully saturated rings. The predicted molar refractivity (Wildman–Crippen MR) is 107 cm³/mol. The van der Waals surface area contributed by atoms with Gasteiger partial charge in [-0.2, -0.15) is 5.10 Å². The molecular weight excluding hydrogens is 458 g/mol. The SMILES string of the molecule is COc1cc(/C=N\NC(N)=S)cc(Br)c1OCc1ccc(Br)cc1. The molecule has 0 aliphatic rings. The van der Waals surface area contributed by atoms with Gasteiger partial charge in [0.2, 0.25) is 0 Å². The number of nitrogens with two attached hydrogens (primary N) is 1. The van der Waals surface area contributed by atoms with Crippen molar-refractivity contribution in [2.45, 2.75) is 6.61 Å². The smallest absolute Gasteiger partial charge is 0.184 e. The second-order valence-corrected chi connectivity index (χ2v) is 6.89. The van der Waals surface area contributed by atoms with Gasteiger partial charge in [-0.1, -0.05) is 28.1 Å². The van der Waals surface area contributed by atoms with Gasteiger partial charge >= 0.3 is 0 Å². The summed E-state index contributed by atoms with van der Waals surface area (Å²) in [5, 5.41) is 4.03. The number of methoxy groups -OCH3 is 1. The molecule has 0 spiro atoms. The summed E-state index contributed by atoms with van der Waals surface area (Å²) in [5.74, 6) is 1.22. The fourth-order valence-electron chi connectivity index (χ4n) is 1.86. The van der Waals surface area contributed by atoms with E-state index in [2.05, 4.69) is 42.4 Å². The number of thiocarbonyl (C=S) groups is 1. The maximum absolute atomic E-state index is 5.89. The van der Waals surface area contributed by atoms with Gasteiger partial charge in [-0.05, 0) is 63.5 Å². The van der Waals surface area contributed by atoms with Crippen molar-refractivity contribution in [3.63, 3.8) is 0 Å². The van der Waals surface area contributed by atoms with Crippen molar-refractivity contribution in [3.8, 4) is 11.5 Å². The zero-order valence-corrected chi connectivity index (χ0v) is 16.7. The summed E-state index contributed by atoms with van der Waals surface area (Å²) in [7, 11) is 1.59. The van der Waals surface area contributed by atoms with E-state index in [9.17, 15) is 0 Å². The highest BCUT2D eigenvalue weighted by atomic mass is 79.9. The highest BCUT2D eigenvalue weighted by Crippen LogP contribution is 2.36. The van der Waals surface area contributed by atoms with E-state index in [1.807, 2.05) is 36.4 Å². The van der Waals surface area contributed by atoms with E-state index in [0.717, 1.165) is 20.1 Å². The minimum absolute atomic E-state index is 0.103. The van der Waals surface area contributed by atoms with Crippen LogP contribution in [0.25, 0.3) is 0 Å². The maximum atomic E-state index is 5.89. The standard InChI is InChI=1S/C16H15Br2N3O2S/c1-22-14-7-11(8-20-21-16(19)24)6-13(18)15(14)23-9-10-2-4-12(17)5-3-10/h2-8H,9H2,1H3,(H3,19,21,24)/b20-8-. The van der Waals surface area contributed by atoms with E-state index < -0.39 is 0 Å². The Morgan fingerprint density at radius 1 is 1.29 bits per heavy atom. The number of hydrogen-bond acceptors (Lipinski definition) is 4. The van der Waals surface area contributed by atoms with Crippen LogP contribution in [0.15, 0.2) is 50.4 Å². The van der Waals surface area contributed by atoms with Crippen molar-refractivity contribution in [2.75, 3.05) is 7.11 Å². The molecule has 8 heteroatoms. The molecule has 3 N–H and O–H groups in total. The number of hydrogen-bond donors (Lipinski definition) is 2. The molecule has 0 radical (unpaired) electrons. The highest BCUT2D eigenvalue weighted by Gasteiger charge is 2.11. The Kier molecular flexibility index (Phi) is 7.01. The van der Waals surface area contributed by atoms with Gasteiger partial charge in [0.1, 0.15) is 6.61 Å². The van der Waals surface area contributed by atoms with Crippen LogP contribution < -0.4 is 20.6 Å². The summed E-state index contributed by atoms with van der Waals surface area (Å²) >= 11 is 11.6. The molecule has 0 aromatic heterocycles. The molecule has 0 bridgehead atoms. The average Bonchev–Trinajstić information content (AvgIpc) is 2.54. The zero-order valence-electron chi connectivity index (χ0n) is 12.8. The Morgan fingerprint density at radius 3 is 2.62 bits per heavy atom. The van der Waals surface area contributed by atoms with Crippen LogP contribution in [-0.2, 0) is 6.61 Å². The Morgan fingerprint density at radius 2 is 2.00 bits per heavy atom. The van der Waals surface area contributed by atoms with Crippen molar-refractivity contribution in [2.24, 2.45) is 10.8 Å². The number of rotatable bonds is 6. The molecule has 0 atom stereocenters. The van der Waals surface area contributed by atoms with E-state index in [4.69, 9.17) is 27.4 Å². The second kappa shape index (κ2) is 9.00. The monoisotopic (exact) mass is 471 g/mol. The fourth-order valence-corrected chi connectivity index (χ4v) is 2.75. The number of ether oxygens (including phenoxy) is 2. The number of benzene rings is 2. The first-order chi connectivity index (χ1) is 11.5. The van der Waals surface area contributed by atoms with E-state index in [-0.39, 0.29) is 5.11 Å². The van der Waals surface area contributed by atoms with Crippen LogP contribution in [0.1, 0.15) is 11.1 Å². The summed E-state index contributed by atoms with van der Waals surface area (Å²) < 4.78 is 13.1. The van der Waals surface area contributed by atoms with Gasteiger partial charge in [0.05, 0.1) is 17.8 Å². The lowest BCUT2D eigenvalue weighted by Gasteiger charge is -2.13. The molecule has 126 valence electrons. The van der Waals surface area contributed by atoms with Crippen molar-refractivity contribution >= 4 is 55.4 Å². The van der Waals surface area contributed by atoms with Gasteiger partial charge in [-0.3, -0.25) is 5.43 Å². The predicted octanol–water partition coefficient (Wildman–Crippen LogP) is 3.97. The minimum Gasteiger partial charge on any atom is -0.493 e. The summed E-state index contributed by atoms with van der Waals surface area (Å²) in [6.45, 7) is 0.429. The molecule has 0 unspecified atom stereocenters.